The number of esters is 2. The molecule has 1 unspecified atom stereocenters. The van der Waals surface area contributed by atoms with E-state index in [1.54, 1.807) is 36.4 Å². The SMILES string of the molecule is O=C(OC1CCCCC1)c1ccc(NC(=O)C2Cc3ccccc3C(=O)O2)cc1. The predicted molar refractivity (Wildman–Crippen MR) is 107 cm³/mol. The Kier molecular flexibility index (Phi) is 5.60. The third-order valence-electron chi connectivity index (χ3n) is 5.40. The minimum absolute atomic E-state index is 0.000468. The highest BCUT2D eigenvalue weighted by Gasteiger charge is 2.31. The lowest BCUT2D eigenvalue weighted by Gasteiger charge is -2.23. The normalized spacial score (nSPS) is 19.0. The maximum atomic E-state index is 12.5. The first-order valence-electron chi connectivity index (χ1n) is 10.0. The highest BCUT2D eigenvalue weighted by molar-refractivity contribution is 6.00. The molecule has 29 heavy (non-hydrogen) atoms. The summed E-state index contributed by atoms with van der Waals surface area (Å²) in [4.78, 5) is 36.9. The average Bonchev–Trinajstić information content (AvgIpc) is 2.75. The summed E-state index contributed by atoms with van der Waals surface area (Å²) in [5.74, 6) is -1.23. The van der Waals surface area contributed by atoms with Crippen molar-refractivity contribution in [3.05, 3.63) is 65.2 Å². The third kappa shape index (κ3) is 4.47. The number of ether oxygens (including phenoxy) is 2. The van der Waals surface area contributed by atoms with Crippen LogP contribution in [0.5, 0.6) is 0 Å². The lowest BCUT2D eigenvalue weighted by Crippen LogP contribution is -2.37. The quantitative estimate of drug-likeness (QED) is 0.797. The van der Waals surface area contributed by atoms with Gasteiger partial charge in [0.1, 0.15) is 6.10 Å². The molecular formula is C23H23NO5. The molecule has 6 heteroatoms. The first kappa shape index (κ1) is 19.2. The molecule has 0 saturated heterocycles. The van der Waals surface area contributed by atoms with Crippen LogP contribution in [0.1, 0.15) is 58.4 Å². The van der Waals surface area contributed by atoms with Gasteiger partial charge in [-0.3, -0.25) is 4.79 Å². The fraction of sp³-hybridized carbons (Fsp3) is 0.348. The zero-order chi connectivity index (χ0) is 20.2. The van der Waals surface area contributed by atoms with E-state index in [0.29, 0.717) is 23.2 Å². The van der Waals surface area contributed by atoms with Crippen molar-refractivity contribution in [2.45, 2.75) is 50.7 Å². The third-order valence-corrected chi connectivity index (χ3v) is 5.40. The van der Waals surface area contributed by atoms with Crippen LogP contribution in [0, 0.1) is 0 Å². The molecule has 0 bridgehead atoms. The van der Waals surface area contributed by atoms with Crippen LogP contribution in [0.25, 0.3) is 0 Å². The fourth-order valence-corrected chi connectivity index (χ4v) is 3.79. The summed E-state index contributed by atoms with van der Waals surface area (Å²) in [6.45, 7) is 0. The van der Waals surface area contributed by atoms with E-state index >= 15 is 0 Å². The van der Waals surface area contributed by atoms with Gasteiger partial charge in [-0.1, -0.05) is 24.6 Å². The van der Waals surface area contributed by atoms with Crippen molar-refractivity contribution >= 4 is 23.5 Å². The summed E-state index contributed by atoms with van der Waals surface area (Å²) in [6.07, 6.45) is 4.68. The Hall–Kier alpha value is -3.15. The topological polar surface area (TPSA) is 81.7 Å². The Morgan fingerprint density at radius 3 is 2.45 bits per heavy atom. The first-order chi connectivity index (χ1) is 14.1. The summed E-state index contributed by atoms with van der Waals surface area (Å²) < 4.78 is 10.8. The first-order valence-corrected chi connectivity index (χ1v) is 10.0. The second-order valence-electron chi connectivity index (χ2n) is 7.49. The van der Waals surface area contributed by atoms with Crippen molar-refractivity contribution in [2.24, 2.45) is 0 Å². The number of cyclic esters (lactones) is 1. The molecule has 1 N–H and O–H groups in total. The molecule has 2 aliphatic rings. The number of nitrogens with one attached hydrogen (secondary N) is 1. The summed E-state index contributed by atoms with van der Waals surface area (Å²) in [7, 11) is 0. The maximum absolute atomic E-state index is 12.5. The van der Waals surface area contributed by atoms with E-state index in [1.165, 1.54) is 6.42 Å². The van der Waals surface area contributed by atoms with Gasteiger partial charge in [-0.25, -0.2) is 9.59 Å². The van der Waals surface area contributed by atoms with Crippen LogP contribution >= 0.6 is 0 Å². The fourth-order valence-electron chi connectivity index (χ4n) is 3.79. The Balaban J connectivity index is 1.35. The van der Waals surface area contributed by atoms with Crippen molar-refractivity contribution in [1.29, 1.82) is 0 Å². The van der Waals surface area contributed by atoms with Gasteiger partial charge in [0.15, 0.2) is 6.10 Å². The number of fused-ring (bicyclic) bond motifs is 1. The van der Waals surface area contributed by atoms with Gasteiger partial charge in [-0.05, 0) is 61.6 Å². The molecule has 6 nitrogen and oxygen atoms in total. The van der Waals surface area contributed by atoms with Gasteiger partial charge in [-0.2, -0.15) is 0 Å². The molecule has 2 aromatic carbocycles. The summed E-state index contributed by atoms with van der Waals surface area (Å²) in [5, 5.41) is 2.74. The lowest BCUT2D eigenvalue weighted by molar-refractivity contribution is -0.125. The van der Waals surface area contributed by atoms with E-state index in [9.17, 15) is 14.4 Å². The van der Waals surface area contributed by atoms with Crippen molar-refractivity contribution in [2.75, 3.05) is 5.32 Å². The summed E-state index contributed by atoms with van der Waals surface area (Å²) >= 11 is 0. The number of amides is 1. The highest BCUT2D eigenvalue weighted by atomic mass is 16.6. The van der Waals surface area contributed by atoms with Gasteiger partial charge in [0.25, 0.3) is 5.91 Å². The zero-order valence-corrected chi connectivity index (χ0v) is 16.1. The van der Waals surface area contributed by atoms with Gasteiger partial charge in [0, 0.05) is 12.1 Å². The number of hydrogen-bond acceptors (Lipinski definition) is 5. The Labute approximate surface area is 169 Å². The van der Waals surface area contributed by atoms with E-state index in [1.807, 2.05) is 12.1 Å². The van der Waals surface area contributed by atoms with Crippen LogP contribution in [0.4, 0.5) is 5.69 Å². The number of anilines is 1. The van der Waals surface area contributed by atoms with Gasteiger partial charge >= 0.3 is 11.9 Å². The van der Waals surface area contributed by atoms with E-state index in [4.69, 9.17) is 9.47 Å². The standard InChI is InChI=1S/C23H23NO5/c25-21(20-14-16-6-4-5-9-19(16)23(27)29-20)24-17-12-10-15(11-13-17)22(26)28-18-7-2-1-3-8-18/h4-6,9-13,18,20H,1-3,7-8,14H2,(H,24,25). The Bertz CT molecular complexity index is 915. The second-order valence-corrected chi connectivity index (χ2v) is 7.49. The van der Waals surface area contributed by atoms with Gasteiger partial charge < -0.3 is 14.8 Å². The molecule has 1 heterocycles. The van der Waals surface area contributed by atoms with E-state index in [2.05, 4.69) is 5.32 Å². The van der Waals surface area contributed by atoms with E-state index in [-0.39, 0.29) is 12.1 Å². The molecule has 1 aliphatic carbocycles. The molecular weight excluding hydrogens is 370 g/mol. The molecule has 1 fully saturated rings. The van der Waals surface area contributed by atoms with Crippen LogP contribution in [-0.2, 0) is 20.7 Å². The number of hydrogen-bond donors (Lipinski definition) is 1. The molecule has 0 aromatic heterocycles. The van der Waals surface area contributed by atoms with Crippen molar-refractivity contribution in [3.63, 3.8) is 0 Å². The van der Waals surface area contributed by atoms with Crippen molar-refractivity contribution in [1.82, 2.24) is 0 Å². The maximum Gasteiger partial charge on any atom is 0.339 e. The second kappa shape index (κ2) is 8.47. The molecule has 2 aromatic rings. The molecule has 1 atom stereocenters. The summed E-state index contributed by atoms with van der Waals surface area (Å²) in [6, 6.07) is 13.7. The number of carbonyl (C=O) groups is 3. The Morgan fingerprint density at radius 1 is 0.966 bits per heavy atom. The number of rotatable bonds is 4. The molecule has 1 amide bonds. The van der Waals surface area contributed by atoms with Crippen molar-refractivity contribution < 1.29 is 23.9 Å². The van der Waals surface area contributed by atoms with Crippen LogP contribution in [0.2, 0.25) is 0 Å². The molecule has 0 radical (unpaired) electrons. The average molecular weight is 393 g/mol. The Morgan fingerprint density at radius 2 is 1.69 bits per heavy atom. The molecule has 150 valence electrons. The van der Waals surface area contributed by atoms with E-state index < -0.39 is 18.0 Å². The monoisotopic (exact) mass is 393 g/mol. The minimum atomic E-state index is -0.881. The molecule has 0 spiro atoms. The van der Waals surface area contributed by atoms with E-state index in [0.717, 1.165) is 31.2 Å². The number of carbonyl (C=O) groups excluding carboxylic acids is 3. The van der Waals surface area contributed by atoms with Crippen molar-refractivity contribution in [3.8, 4) is 0 Å². The van der Waals surface area contributed by atoms with Crippen LogP contribution in [0.15, 0.2) is 48.5 Å². The predicted octanol–water partition coefficient (Wildman–Crippen LogP) is 3.90. The number of benzene rings is 2. The van der Waals surface area contributed by atoms with Crippen LogP contribution < -0.4 is 5.32 Å². The van der Waals surface area contributed by atoms with Gasteiger partial charge in [0.05, 0.1) is 11.1 Å². The van der Waals surface area contributed by atoms with Crippen LogP contribution in [0.3, 0.4) is 0 Å². The summed E-state index contributed by atoms with van der Waals surface area (Å²) in [5.41, 5.74) is 2.27. The highest BCUT2D eigenvalue weighted by Crippen LogP contribution is 2.23. The van der Waals surface area contributed by atoms with Gasteiger partial charge in [0.2, 0.25) is 0 Å². The lowest BCUT2D eigenvalue weighted by atomic mass is 9.98. The molecule has 4 rings (SSSR count). The minimum Gasteiger partial charge on any atom is -0.459 e. The molecule has 1 saturated carbocycles. The molecule has 1 aliphatic heterocycles. The zero-order valence-electron chi connectivity index (χ0n) is 16.1. The smallest absolute Gasteiger partial charge is 0.339 e. The van der Waals surface area contributed by atoms with Crippen LogP contribution in [-0.4, -0.2) is 30.1 Å². The largest absolute Gasteiger partial charge is 0.459 e. The van der Waals surface area contributed by atoms with Gasteiger partial charge in [-0.15, -0.1) is 0 Å².